The number of piperidine rings is 1. The van der Waals surface area contributed by atoms with Gasteiger partial charge in [-0.2, -0.15) is 4.72 Å². The number of amides is 1. The molecule has 0 radical (unpaired) electrons. The quantitative estimate of drug-likeness (QED) is 0.877. The van der Waals surface area contributed by atoms with Gasteiger partial charge in [-0.3, -0.25) is 4.79 Å². The van der Waals surface area contributed by atoms with E-state index in [-0.39, 0.29) is 10.8 Å². The van der Waals surface area contributed by atoms with Crippen molar-refractivity contribution in [3.05, 3.63) is 65.7 Å². The monoisotopic (exact) mass is 372 g/mol. The second kappa shape index (κ2) is 8.01. The molecule has 0 unspecified atom stereocenters. The van der Waals surface area contributed by atoms with Gasteiger partial charge >= 0.3 is 0 Å². The van der Waals surface area contributed by atoms with E-state index in [1.54, 1.807) is 41.3 Å². The molecule has 1 heterocycles. The van der Waals surface area contributed by atoms with E-state index in [1.807, 2.05) is 25.1 Å². The van der Waals surface area contributed by atoms with Crippen molar-refractivity contribution in [2.24, 2.45) is 0 Å². The number of sulfonamides is 1. The molecule has 0 aliphatic carbocycles. The van der Waals surface area contributed by atoms with Gasteiger partial charge in [0.15, 0.2) is 0 Å². The van der Waals surface area contributed by atoms with Gasteiger partial charge < -0.3 is 4.90 Å². The molecule has 6 heteroatoms. The smallest absolute Gasteiger partial charge is 0.245 e. The van der Waals surface area contributed by atoms with E-state index in [9.17, 15) is 13.2 Å². The van der Waals surface area contributed by atoms with Gasteiger partial charge in [-0.1, -0.05) is 48.0 Å². The molecule has 1 atom stereocenters. The van der Waals surface area contributed by atoms with Crippen molar-refractivity contribution < 1.29 is 13.2 Å². The molecule has 138 valence electrons. The van der Waals surface area contributed by atoms with E-state index in [2.05, 4.69) is 4.72 Å². The molecule has 1 saturated heterocycles. The number of aryl methyl sites for hydroxylation is 1. The third-order valence-corrected chi connectivity index (χ3v) is 6.09. The van der Waals surface area contributed by atoms with Crippen molar-refractivity contribution in [2.75, 3.05) is 13.1 Å². The molecule has 0 aromatic heterocycles. The summed E-state index contributed by atoms with van der Waals surface area (Å²) < 4.78 is 28.3. The van der Waals surface area contributed by atoms with Crippen LogP contribution >= 0.6 is 0 Å². The predicted octanol–water partition coefficient (Wildman–Crippen LogP) is 3.03. The van der Waals surface area contributed by atoms with Crippen LogP contribution in [0.15, 0.2) is 59.5 Å². The van der Waals surface area contributed by atoms with E-state index >= 15 is 0 Å². The number of carbonyl (C=O) groups excluding carboxylic acids is 1. The fourth-order valence-corrected chi connectivity index (χ4v) is 4.32. The van der Waals surface area contributed by atoms with E-state index in [4.69, 9.17) is 0 Å². The minimum atomic E-state index is -3.81. The number of rotatable bonds is 5. The number of likely N-dealkylation sites (tertiary alicyclic amines) is 1. The Kier molecular flexibility index (Phi) is 5.74. The summed E-state index contributed by atoms with van der Waals surface area (Å²) in [4.78, 5) is 15.0. The van der Waals surface area contributed by atoms with E-state index in [1.165, 1.54) is 0 Å². The van der Waals surface area contributed by atoms with Gasteiger partial charge in [0.2, 0.25) is 15.9 Å². The van der Waals surface area contributed by atoms with E-state index in [0.717, 1.165) is 24.8 Å². The summed E-state index contributed by atoms with van der Waals surface area (Å²) in [7, 11) is -3.81. The van der Waals surface area contributed by atoms with Gasteiger partial charge in [-0.05, 0) is 43.9 Å². The van der Waals surface area contributed by atoms with Crippen LogP contribution in [0.25, 0.3) is 0 Å². The van der Waals surface area contributed by atoms with E-state index < -0.39 is 16.1 Å². The predicted molar refractivity (Wildman–Crippen MR) is 101 cm³/mol. The zero-order chi connectivity index (χ0) is 18.6. The third-order valence-electron chi connectivity index (χ3n) is 4.65. The highest BCUT2D eigenvalue weighted by Crippen LogP contribution is 2.22. The van der Waals surface area contributed by atoms with E-state index in [0.29, 0.717) is 18.7 Å². The lowest BCUT2D eigenvalue weighted by atomic mass is 10.0. The summed E-state index contributed by atoms with van der Waals surface area (Å²) in [6.07, 6.45) is 3.02. The van der Waals surface area contributed by atoms with Gasteiger partial charge in [0, 0.05) is 13.1 Å². The number of nitrogens with zero attached hydrogens (tertiary/aromatic N) is 1. The Balaban J connectivity index is 1.90. The molecule has 0 bridgehead atoms. The number of benzene rings is 2. The summed E-state index contributed by atoms with van der Waals surface area (Å²) in [6, 6.07) is 14.7. The molecule has 2 aromatic carbocycles. The fourth-order valence-electron chi connectivity index (χ4n) is 3.14. The molecule has 1 amide bonds. The second-order valence-electron chi connectivity index (χ2n) is 6.66. The Morgan fingerprint density at radius 2 is 1.58 bits per heavy atom. The minimum Gasteiger partial charge on any atom is -0.341 e. The van der Waals surface area contributed by atoms with Crippen molar-refractivity contribution in [1.82, 2.24) is 9.62 Å². The lowest BCUT2D eigenvalue weighted by Crippen LogP contribution is -2.44. The third kappa shape index (κ3) is 4.31. The standard InChI is InChI=1S/C20H24N2O3S/c1-16-10-12-18(13-11-16)26(24,25)21-19(17-8-4-2-5-9-17)20(23)22-14-6-3-7-15-22/h2,4-5,8-13,19,21H,3,6-7,14-15H2,1H3/t19-/m0/s1. The zero-order valence-corrected chi connectivity index (χ0v) is 15.7. The van der Waals surface area contributed by atoms with Crippen LogP contribution in [0.3, 0.4) is 0 Å². The average Bonchev–Trinajstić information content (AvgIpc) is 2.67. The summed E-state index contributed by atoms with van der Waals surface area (Å²) in [5.74, 6) is -0.188. The van der Waals surface area contributed by atoms with Crippen LogP contribution in [0.4, 0.5) is 0 Å². The number of hydrogen-bond acceptors (Lipinski definition) is 3. The average molecular weight is 372 g/mol. The SMILES string of the molecule is Cc1ccc(S(=O)(=O)N[C@H](C(=O)N2CCCCC2)c2ccccc2)cc1. The highest BCUT2D eigenvalue weighted by molar-refractivity contribution is 7.89. The van der Waals surface area contributed by atoms with Gasteiger partial charge in [-0.15, -0.1) is 0 Å². The van der Waals surface area contributed by atoms with Crippen LogP contribution in [0.2, 0.25) is 0 Å². The molecular formula is C20H24N2O3S. The fraction of sp³-hybridized carbons (Fsp3) is 0.350. The molecule has 26 heavy (non-hydrogen) atoms. The van der Waals surface area contributed by atoms with Crippen molar-refractivity contribution in [3.63, 3.8) is 0 Å². The molecule has 3 rings (SSSR count). The van der Waals surface area contributed by atoms with Crippen molar-refractivity contribution in [3.8, 4) is 0 Å². The maximum Gasteiger partial charge on any atom is 0.245 e. The van der Waals surface area contributed by atoms with Gasteiger partial charge in [-0.25, -0.2) is 8.42 Å². The van der Waals surface area contributed by atoms with Gasteiger partial charge in [0.1, 0.15) is 6.04 Å². The van der Waals surface area contributed by atoms with Crippen molar-refractivity contribution >= 4 is 15.9 Å². The summed E-state index contributed by atoms with van der Waals surface area (Å²) in [6.45, 7) is 3.25. The first kappa shape index (κ1) is 18.6. The molecule has 1 aliphatic rings. The lowest BCUT2D eigenvalue weighted by molar-refractivity contribution is -0.134. The molecule has 5 nitrogen and oxygen atoms in total. The van der Waals surface area contributed by atoms with Crippen LogP contribution in [0.1, 0.15) is 36.4 Å². The maximum atomic E-state index is 13.1. The van der Waals surface area contributed by atoms with Crippen LogP contribution in [-0.4, -0.2) is 32.3 Å². The van der Waals surface area contributed by atoms with Crippen molar-refractivity contribution in [2.45, 2.75) is 37.1 Å². The normalized spacial score (nSPS) is 16.3. The highest BCUT2D eigenvalue weighted by Gasteiger charge is 2.31. The van der Waals surface area contributed by atoms with Crippen molar-refractivity contribution in [1.29, 1.82) is 0 Å². The Bertz CT molecular complexity index is 842. The Hall–Kier alpha value is -2.18. The summed E-state index contributed by atoms with van der Waals surface area (Å²) >= 11 is 0. The molecular weight excluding hydrogens is 348 g/mol. The molecule has 0 spiro atoms. The second-order valence-corrected chi connectivity index (χ2v) is 8.38. The molecule has 1 aliphatic heterocycles. The van der Waals surface area contributed by atoms with Crippen LogP contribution in [0.5, 0.6) is 0 Å². The minimum absolute atomic E-state index is 0.162. The number of hydrogen-bond donors (Lipinski definition) is 1. The number of carbonyl (C=O) groups is 1. The molecule has 0 saturated carbocycles. The van der Waals surface area contributed by atoms with Crippen LogP contribution in [0, 0.1) is 6.92 Å². The van der Waals surface area contributed by atoms with Crippen LogP contribution < -0.4 is 4.72 Å². The highest BCUT2D eigenvalue weighted by atomic mass is 32.2. The molecule has 1 fully saturated rings. The molecule has 2 aromatic rings. The summed E-state index contributed by atoms with van der Waals surface area (Å²) in [5.41, 5.74) is 1.63. The first-order chi connectivity index (χ1) is 12.5. The van der Waals surface area contributed by atoms with Crippen LogP contribution in [-0.2, 0) is 14.8 Å². The van der Waals surface area contributed by atoms with Gasteiger partial charge in [0.25, 0.3) is 0 Å². The lowest BCUT2D eigenvalue weighted by Gasteiger charge is -2.31. The van der Waals surface area contributed by atoms with Gasteiger partial charge in [0.05, 0.1) is 4.90 Å². The number of nitrogens with one attached hydrogen (secondary N) is 1. The Morgan fingerprint density at radius 1 is 0.962 bits per heavy atom. The Labute approximate surface area is 155 Å². The maximum absolute atomic E-state index is 13.1. The first-order valence-electron chi connectivity index (χ1n) is 8.90. The Morgan fingerprint density at radius 3 is 2.19 bits per heavy atom. The largest absolute Gasteiger partial charge is 0.341 e. The topological polar surface area (TPSA) is 66.5 Å². The summed E-state index contributed by atoms with van der Waals surface area (Å²) in [5, 5.41) is 0. The molecule has 1 N–H and O–H groups in total. The first-order valence-corrected chi connectivity index (χ1v) is 10.4. The zero-order valence-electron chi connectivity index (χ0n) is 14.9.